The molecule has 0 aromatic heterocycles. The van der Waals surface area contributed by atoms with Crippen molar-refractivity contribution in [2.75, 3.05) is 0 Å². The minimum absolute atomic E-state index is 0.159. The second kappa shape index (κ2) is 14.5. The summed E-state index contributed by atoms with van der Waals surface area (Å²) in [6.07, 6.45) is 15.3. The Morgan fingerprint density at radius 2 is 1.34 bits per heavy atom. The number of hydrogen-bond donors (Lipinski definition) is 2. The van der Waals surface area contributed by atoms with Crippen LogP contribution < -0.4 is 9.05 Å². The van der Waals surface area contributed by atoms with Crippen molar-refractivity contribution in [1.29, 1.82) is 0 Å². The molecule has 2 N–H and O–H groups in total. The largest absolute Gasteiger partial charge is 0.470 e. The molecule has 194 valence electrons. The third-order valence-corrected chi connectivity index (χ3v) is 8.72. The average molecular weight is 521 g/mol. The Labute approximate surface area is 214 Å². The van der Waals surface area contributed by atoms with Crippen LogP contribution in [0.4, 0.5) is 0 Å². The van der Waals surface area contributed by atoms with Crippen molar-refractivity contribution in [3.8, 4) is 11.5 Å². The predicted molar refractivity (Wildman–Crippen MR) is 146 cm³/mol. The monoisotopic (exact) mass is 520 g/mol. The van der Waals surface area contributed by atoms with Crippen LogP contribution in [0.15, 0.2) is 42.5 Å². The van der Waals surface area contributed by atoms with E-state index in [0.717, 1.165) is 18.4 Å². The smallest absolute Gasteiger partial charge is 0.418 e. The molecule has 0 saturated heterocycles. The average Bonchev–Trinajstić information content (AvgIpc) is 2.82. The second-order valence-electron chi connectivity index (χ2n) is 10.00. The van der Waals surface area contributed by atoms with E-state index in [9.17, 15) is 9.79 Å². The van der Waals surface area contributed by atoms with E-state index < -0.39 is 17.2 Å². The van der Waals surface area contributed by atoms with Gasteiger partial charge in [0, 0.05) is 5.41 Å². The summed E-state index contributed by atoms with van der Waals surface area (Å²) in [5.41, 5.74) is 3.38. The highest BCUT2D eigenvalue weighted by atomic mass is 31.2. The molecule has 1 unspecified atom stereocenters. The van der Waals surface area contributed by atoms with E-state index in [1.165, 1.54) is 75.3 Å². The van der Waals surface area contributed by atoms with Crippen LogP contribution >= 0.6 is 17.2 Å². The summed E-state index contributed by atoms with van der Waals surface area (Å²) in [6.45, 7) is 6.73. The number of aryl methyl sites for hydroxylation is 1. The molecule has 4 bridgehead atoms. The van der Waals surface area contributed by atoms with Gasteiger partial charge in [-0.05, 0) is 47.7 Å². The van der Waals surface area contributed by atoms with Gasteiger partial charge in [0.1, 0.15) is 11.5 Å². The number of unbranched alkanes of at least 4 members (excludes halogenated alkanes) is 10. The van der Waals surface area contributed by atoms with E-state index in [2.05, 4.69) is 32.9 Å². The van der Waals surface area contributed by atoms with E-state index >= 15 is 0 Å². The van der Waals surface area contributed by atoms with Crippen LogP contribution in [0.5, 0.6) is 11.5 Å². The zero-order chi connectivity index (χ0) is 25.1. The maximum atomic E-state index is 9.44. The molecule has 2 aromatic carbocycles. The summed E-state index contributed by atoms with van der Waals surface area (Å²) < 4.78 is 17.1. The van der Waals surface area contributed by atoms with E-state index in [0.29, 0.717) is 11.5 Å². The van der Waals surface area contributed by atoms with Crippen LogP contribution in [0.25, 0.3) is 0 Å². The highest BCUT2D eigenvalue weighted by molar-refractivity contribution is 7.55. The van der Waals surface area contributed by atoms with Crippen LogP contribution in [0.2, 0.25) is 0 Å². The molecule has 0 spiro atoms. The molecular weight excluding hydrogens is 478 g/mol. The first-order valence-corrected chi connectivity index (χ1v) is 15.4. The normalized spacial score (nSPS) is 16.6. The van der Waals surface area contributed by atoms with Gasteiger partial charge in [-0.25, -0.2) is 4.31 Å². The Morgan fingerprint density at radius 1 is 0.771 bits per heavy atom. The Hall–Kier alpha value is -1.22. The Kier molecular flexibility index (Phi) is 11.7. The third kappa shape index (κ3) is 8.99. The first kappa shape index (κ1) is 28.4. The molecule has 4 heterocycles. The fraction of sp³-hybridized carbons (Fsp3) is 0.571. The quantitative estimate of drug-likeness (QED) is 0.192. The molecule has 0 radical (unpaired) electrons. The molecule has 0 amide bonds. The molecule has 0 aliphatic carbocycles. The highest BCUT2D eigenvalue weighted by Crippen LogP contribution is 2.52. The molecule has 4 aliphatic heterocycles. The first-order chi connectivity index (χ1) is 16.9. The molecule has 0 fully saturated rings. The first-order valence-electron chi connectivity index (χ1n) is 13.2. The maximum absolute atomic E-state index is 9.44. The number of rotatable bonds is 14. The Morgan fingerprint density at radius 3 is 1.94 bits per heavy atom. The molecule has 7 heteroatoms. The Balaban J connectivity index is 1.62. The van der Waals surface area contributed by atoms with Gasteiger partial charge >= 0.3 is 17.2 Å². The summed E-state index contributed by atoms with van der Waals surface area (Å²) in [5.74, 6) is 1.27. The molecule has 2 aromatic rings. The lowest BCUT2D eigenvalue weighted by Crippen LogP contribution is -2.19. The summed E-state index contributed by atoms with van der Waals surface area (Å²) >= 11 is 0. The molecule has 6 rings (SSSR count). The van der Waals surface area contributed by atoms with Gasteiger partial charge in [0.25, 0.3) is 0 Å². The van der Waals surface area contributed by atoms with Crippen molar-refractivity contribution < 1.29 is 23.1 Å². The SMILES string of the molecule is CCCCCCCCCCCCCc1cc2ccc1OP(OP(O)O)Oc1ccc(cc1)C2(C)C. The van der Waals surface area contributed by atoms with Gasteiger partial charge in [0.15, 0.2) is 0 Å². The van der Waals surface area contributed by atoms with Crippen LogP contribution in [0.1, 0.15) is 108 Å². The van der Waals surface area contributed by atoms with Crippen molar-refractivity contribution in [1.82, 2.24) is 0 Å². The van der Waals surface area contributed by atoms with Gasteiger partial charge in [-0.1, -0.05) is 109 Å². The van der Waals surface area contributed by atoms with Gasteiger partial charge in [-0.15, -0.1) is 0 Å². The predicted octanol–water partition coefficient (Wildman–Crippen LogP) is 9.09. The number of hydrogen-bond acceptors (Lipinski definition) is 5. The van der Waals surface area contributed by atoms with E-state index in [4.69, 9.17) is 13.4 Å². The van der Waals surface area contributed by atoms with Gasteiger partial charge in [-0.3, -0.25) is 0 Å². The van der Waals surface area contributed by atoms with Gasteiger partial charge in [-0.2, -0.15) is 0 Å². The molecule has 1 atom stereocenters. The van der Waals surface area contributed by atoms with Gasteiger partial charge in [0.05, 0.1) is 0 Å². The zero-order valence-electron chi connectivity index (χ0n) is 21.5. The van der Waals surface area contributed by atoms with Crippen molar-refractivity contribution in [3.05, 3.63) is 59.2 Å². The lowest BCUT2D eigenvalue weighted by molar-refractivity contribution is 0.332. The van der Waals surface area contributed by atoms with Gasteiger partial charge in [0.2, 0.25) is 0 Å². The van der Waals surface area contributed by atoms with Gasteiger partial charge < -0.3 is 18.8 Å². The molecule has 0 saturated carbocycles. The van der Waals surface area contributed by atoms with E-state index in [1.807, 2.05) is 30.3 Å². The Bertz CT molecular complexity index is 885. The van der Waals surface area contributed by atoms with Crippen molar-refractivity contribution in [2.24, 2.45) is 0 Å². The van der Waals surface area contributed by atoms with Crippen LogP contribution in [0.3, 0.4) is 0 Å². The second-order valence-corrected chi connectivity index (χ2v) is 12.0. The summed E-state index contributed by atoms with van der Waals surface area (Å²) in [5, 5.41) is 0. The maximum Gasteiger partial charge on any atom is 0.470 e. The summed E-state index contributed by atoms with van der Waals surface area (Å²) in [7, 11) is -4.59. The number of benzene rings is 2. The van der Waals surface area contributed by atoms with Crippen molar-refractivity contribution >= 4 is 17.2 Å². The third-order valence-electron chi connectivity index (χ3n) is 6.90. The lowest BCUT2D eigenvalue weighted by Gasteiger charge is -2.29. The highest BCUT2D eigenvalue weighted by Gasteiger charge is 2.28. The van der Waals surface area contributed by atoms with Crippen molar-refractivity contribution in [3.63, 3.8) is 0 Å². The topological polar surface area (TPSA) is 68.2 Å². The summed E-state index contributed by atoms with van der Waals surface area (Å²) in [4.78, 5) is 18.9. The fourth-order valence-electron chi connectivity index (χ4n) is 4.61. The molecule has 35 heavy (non-hydrogen) atoms. The molecular formula is C28H42O5P2. The minimum Gasteiger partial charge on any atom is -0.418 e. The van der Waals surface area contributed by atoms with Crippen molar-refractivity contribution in [2.45, 2.75) is 103 Å². The molecule has 5 nitrogen and oxygen atoms in total. The minimum atomic E-state index is -2.60. The van der Waals surface area contributed by atoms with E-state index in [-0.39, 0.29) is 5.41 Å². The zero-order valence-corrected chi connectivity index (χ0v) is 23.3. The molecule has 4 aliphatic rings. The fourth-order valence-corrected chi connectivity index (χ4v) is 6.02. The summed E-state index contributed by atoms with van der Waals surface area (Å²) in [6, 6.07) is 14.1. The van der Waals surface area contributed by atoms with E-state index in [1.54, 1.807) is 0 Å². The van der Waals surface area contributed by atoms with Crippen LogP contribution in [0, 0.1) is 0 Å². The van der Waals surface area contributed by atoms with Crippen LogP contribution in [-0.2, 0) is 16.1 Å². The lowest BCUT2D eigenvalue weighted by atomic mass is 9.77. The van der Waals surface area contributed by atoms with Crippen LogP contribution in [-0.4, -0.2) is 9.79 Å². The standard InChI is InChI=1S/C28H42O5P2/c1-4-5-6-7-8-9-10-11-12-13-14-15-23-22-25-18-21-27(23)32-35(33-34(29)30)31-26-19-16-24(17-20-26)28(25,2)3/h16-22,29-30H,4-15H2,1-3H3.